The standard InChI is InChI=1S/C18H30N4O/c1-14(2)18-19-15-13-21(11-7-16(15)20(18)3)12-8-17(23)22-9-5-4-6-10-22/h14H,4-13H2,1-3H3. The maximum Gasteiger partial charge on any atom is 0.223 e. The number of imidazole rings is 1. The third-order valence-electron chi connectivity index (χ3n) is 5.24. The number of hydrogen-bond acceptors (Lipinski definition) is 3. The number of carbonyl (C=O) groups is 1. The molecule has 128 valence electrons. The maximum absolute atomic E-state index is 12.3. The lowest BCUT2D eigenvalue weighted by atomic mass is 10.1. The van der Waals surface area contributed by atoms with Crippen LogP contribution in [0.1, 0.15) is 62.7 Å². The smallest absolute Gasteiger partial charge is 0.223 e. The van der Waals surface area contributed by atoms with Gasteiger partial charge >= 0.3 is 0 Å². The molecule has 2 aliphatic rings. The van der Waals surface area contributed by atoms with Gasteiger partial charge in [-0.2, -0.15) is 0 Å². The van der Waals surface area contributed by atoms with Gasteiger partial charge in [0, 0.05) is 64.2 Å². The summed E-state index contributed by atoms with van der Waals surface area (Å²) >= 11 is 0. The zero-order valence-electron chi connectivity index (χ0n) is 14.8. The molecule has 1 aromatic rings. The number of piperidine rings is 1. The van der Waals surface area contributed by atoms with Gasteiger partial charge in [-0.05, 0) is 19.3 Å². The average Bonchev–Trinajstić information content (AvgIpc) is 2.90. The summed E-state index contributed by atoms with van der Waals surface area (Å²) in [6, 6.07) is 0. The number of carbonyl (C=O) groups excluding carboxylic acids is 1. The molecule has 1 saturated heterocycles. The van der Waals surface area contributed by atoms with Crippen molar-refractivity contribution in [1.29, 1.82) is 0 Å². The van der Waals surface area contributed by atoms with Gasteiger partial charge in [-0.25, -0.2) is 4.98 Å². The summed E-state index contributed by atoms with van der Waals surface area (Å²) in [5, 5.41) is 0. The van der Waals surface area contributed by atoms with E-state index in [9.17, 15) is 4.79 Å². The van der Waals surface area contributed by atoms with Gasteiger partial charge in [0.25, 0.3) is 0 Å². The minimum absolute atomic E-state index is 0.333. The molecule has 3 heterocycles. The average molecular weight is 318 g/mol. The minimum atomic E-state index is 0.333. The van der Waals surface area contributed by atoms with Crippen molar-refractivity contribution in [2.75, 3.05) is 26.2 Å². The molecular formula is C18H30N4O. The summed E-state index contributed by atoms with van der Waals surface area (Å²) < 4.78 is 2.27. The van der Waals surface area contributed by atoms with Crippen LogP contribution in [0.5, 0.6) is 0 Å². The monoisotopic (exact) mass is 318 g/mol. The van der Waals surface area contributed by atoms with Crippen molar-refractivity contribution in [1.82, 2.24) is 19.4 Å². The van der Waals surface area contributed by atoms with Crippen molar-refractivity contribution in [2.45, 2.75) is 58.4 Å². The van der Waals surface area contributed by atoms with E-state index in [0.29, 0.717) is 18.2 Å². The number of amides is 1. The molecule has 1 amide bonds. The molecule has 0 unspecified atom stereocenters. The van der Waals surface area contributed by atoms with Crippen molar-refractivity contribution in [3.8, 4) is 0 Å². The van der Waals surface area contributed by atoms with Crippen molar-refractivity contribution >= 4 is 5.91 Å². The molecule has 23 heavy (non-hydrogen) atoms. The van der Waals surface area contributed by atoms with Crippen LogP contribution in [0.2, 0.25) is 0 Å². The molecule has 0 aromatic carbocycles. The van der Waals surface area contributed by atoms with Gasteiger partial charge in [-0.1, -0.05) is 13.8 Å². The van der Waals surface area contributed by atoms with Gasteiger partial charge < -0.3 is 9.47 Å². The SMILES string of the molecule is CC(C)c1nc2c(n1C)CCN(CCC(=O)N1CCCCC1)C2. The fourth-order valence-electron chi connectivity index (χ4n) is 3.87. The summed E-state index contributed by atoms with van der Waals surface area (Å²) in [4.78, 5) is 21.6. The lowest BCUT2D eigenvalue weighted by molar-refractivity contribution is -0.132. The molecular weight excluding hydrogens is 288 g/mol. The lowest BCUT2D eigenvalue weighted by Gasteiger charge is -2.29. The Hall–Kier alpha value is -1.36. The first-order chi connectivity index (χ1) is 11.1. The van der Waals surface area contributed by atoms with Gasteiger partial charge in [0.05, 0.1) is 5.69 Å². The van der Waals surface area contributed by atoms with E-state index >= 15 is 0 Å². The van der Waals surface area contributed by atoms with Crippen LogP contribution in [0.4, 0.5) is 0 Å². The van der Waals surface area contributed by atoms with Crippen LogP contribution in [0.25, 0.3) is 0 Å². The molecule has 5 nitrogen and oxygen atoms in total. The molecule has 1 aromatic heterocycles. The largest absolute Gasteiger partial charge is 0.343 e. The Bertz CT molecular complexity index is 558. The predicted molar refractivity (Wildman–Crippen MR) is 91.3 cm³/mol. The number of likely N-dealkylation sites (tertiary alicyclic amines) is 1. The van der Waals surface area contributed by atoms with E-state index in [-0.39, 0.29) is 0 Å². The van der Waals surface area contributed by atoms with Gasteiger partial charge in [-0.3, -0.25) is 9.69 Å². The molecule has 1 fully saturated rings. The van der Waals surface area contributed by atoms with Gasteiger partial charge in [0.15, 0.2) is 0 Å². The van der Waals surface area contributed by atoms with Crippen LogP contribution in [-0.4, -0.2) is 51.4 Å². The van der Waals surface area contributed by atoms with E-state index in [0.717, 1.165) is 39.1 Å². The van der Waals surface area contributed by atoms with Gasteiger partial charge in [0.1, 0.15) is 5.82 Å². The molecule has 3 rings (SSSR count). The summed E-state index contributed by atoms with van der Waals surface area (Å²) in [5.41, 5.74) is 2.60. The van der Waals surface area contributed by atoms with E-state index in [1.807, 2.05) is 0 Å². The Labute approximate surface area is 139 Å². The molecule has 5 heteroatoms. The molecule has 0 radical (unpaired) electrons. The van der Waals surface area contributed by atoms with Gasteiger partial charge in [0.2, 0.25) is 5.91 Å². The Morgan fingerprint density at radius 1 is 1.17 bits per heavy atom. The first-order valence-corrected chi connectivity index (χ1v) is 9.10. The van der Waals surface area contributed by atoms with Crippen LogP contribution < -0.4 is 0 Å². The number of nitrogens with zero attached hydrogens (tertiary/aromatic N) is 4. The molecule has 0 aliphatic carbocycles. The predicted octanol–water partition coefficient (Wildman–Crippen LogP) is 2.30. The van der Waals surface area contributed by atoms with Crippen LogP contribution >= 0.6 is 0 Å². The topological polar surface area (TPSA) is 41.4 Å². The first kappa shape index (κ1) is 16.5. The van der Waals surface area contributed by atoms with E-state index in [2.05, 4.69) is 35.3 Å². The highest BCUT2D eigenvalue weighted by molar-refractivity contribution is 5.76. The Kier molecular flexibility index (Phi) is 5.05. The summed E-state index contributed by atoms with van der Waals surface area (Å²) in [7, 11) is 2.14. The first-order valence-electron chi connectivity index (χ1n) is 9.10. The summed E-state index contributed by atoms with van der Waals surface area (Å²) in [6.07, 6.45) is 5.31. The number of aromatic nitrogens is 2. The second-order valence-electron chi connectivity index (χ2n) is 7.29. The molecule has 0 spiro atoms. The molecule has 0 atom stereocenters. The molecule has 0 saturated carbocycles. The van der Waals surface area contributed by atoms with Crippen LogP contribution in [0.3, 0.4) is 0 Å². The van der Waals surface area contributed by atoms with E-state index in [1.54, 1.807) is 0 Å². The Balaban J connectivity index is 1.55. The highest BCUT2D eigenvalue weighted by Crippen LogP contribution is 2.23. The fraction of sp³-hybridized carbons (Fsp3) is 0.778. The highest BCUT2D eigenvalue weighted by atomic mass is 16.2. The number of hydrogen-bond donors (Lipinski definition) is 0. The Morgan fingerprint density at radius 2 is 1.91 bits per heavy atom. The van der Waals surface area contributed by atoms with Crippen LogP contribution in [0, 0.1) is 0 Å². The Morgan fingerprint density at radius 3 is 2.61 bits per heavy atom. The second-order valence-corrected chi connectivity index (χ2v) is 7.29. The zero-order valence-corrected chi connectivity index (χ0v) is 14.8. The van der Waals surface area contributed by atoms with E-state index in [1.165, 1.54) is 36.5 Å². The van der Waals surface area contributed by atoms with Crippen LogP contribution in [0.15, 0.2) is 0 Å². The third kappa shape index (κ3) is 3.60. The highest BCUT2D eigenvalue weighted by Gasteiger charge is 2.24. The normalized spacial score (nSPS) is 19.2. The molecule has 2 aliphatic heterocycles. The fourth-order valence-corrected chi connectivity index (χ4v) is 3.87. The van der Waals surface area contributed by atoms with Crippen molar-refractivity contribution < 1.29 is 4.79 Å². The molecule has 0 bridgehead atoms. The van der Waals surface area contributed by atoms with Crippen molar-refractivity contribution in [3.63, 3.8) is 0 Å². The maximum atomic E-state index is 12.3. The number of fused-ring (bicyclic) bond motifs is 1. The number of rotatable bonds is 4. The van der Waals surface area contributed by atoms with Crippen molar-refractivity contribution in [3.05, 3.63) is 17.2 Å². The van der Waals surface area contributed by atoms with Gasteiger partial charge in [-0.15, -0.1) is 0 Å². The molecule has 0 N–H and O–H groups in total. The quantitative estimate of drug-likeness (QED) is 0.855. The van der Waals surface area contributed by atoms with E-state index < -0.39 is 0 Å². The summed E-state index contributed by atoms with van der Waals surface area (Å²) in [6.45, 7) is 9.11. The third-order valence-corrected chi connectivity index (χ3v) is 5.24. The summed E-state index contributed by atoms with van der Waals surface area (Å²) in [5.74, 6) is 1.97. The second kappa shape index (κ2) is 7.04. The minimum Gasteiger partial charge on any atom is -0.343 e. The lowest BCUT2D eigenvalue weighted by Crippen LogP contribution is -2.39. The van der Waals surface area contributed by atoms with Crippen LogP contribution in [-0.2, 0) is 24.8 Å². The zero-order chi connectivity index (χ0) is 16.4. The van der Waals surface area contributed by atoms with E-state index in [4.69, 9.17) is 4.98 Å². The van der Waals surface area contributed by atoms with Crippen molar-refractivity contribution in [2.24, 2.45) is 7.05 Å².